The van der Waals surface area contributed by atoms with Crippen LogP contribution in [-0.2, 0) is 9.59 Å². The quantitative estimate of drug-likeness (QED) is 0.866. The third kappa shape index (κ3) is 4.39. The summed E-state index contributed by atoms with van der Waals surface area (Å²) in [5.41, 5.74) is 0.598. The largest absolute Gasteiger partial charge is 0.480 e. The van der Waals surface area contributed by atoms with Crippen molar-refractivity contribution >= 4 is 41.2 Å². The number of nitrogens with zero attached hydrogens (tertiary/aromatic N) is 1. The van der Waals surface area contributed by atoms with Crippen LogP contribution in [0.5, 0.6) is 0 Å². The molecule has 1 rings (SSSR count). The van der Waals surface area contributed by atoms with Crippen molar-refractivity contribution in [3.05, 3.63) is 39.9 Å². The summed E-state index contributed by atoms with van der Waals surface area (Å²) in [5, 5.41) is 9.51. The lowest BCUT2D eigenvalue weighted by Gasteiger charge is -2.11. The van der Waals surface area contributed by atoms with Crippen molar-refractivity contribution in [3.8, 4) is 0 Å². The first kappa shape index (κ1) is 14.5. The maximum Gasteiger partial charge on any atom is 0.323 e. The first-order valence-corrected chi connectivity index (χ1v) is 5.76. The van der Waals surface area contributed by atoms with Crippen LogP contribution in [0.4, 0.5) is 0 Å². The fourth-order valence-electron chi connectivity index (χ4n) is 1.21. The Balaban J connectivity index is 2.77. The first-order valence-electron chi connectivity index (χ1n) is 5.00. The van der Waals surface area contributed by atoms with Crippen molar-refractivity contribution in [2.45, 2.75) is 0 Å². The topological polar surface area (TPSA) is 57.6 Å². The lowest BCUT2D eigenvalue weighted by Crippen LogP contribution is -2.30. The number of rotatable bonds is 4. The van der Waals surface area contributed by atoms with E-state index in [9.17, 15) is 9.59 Å². The molecule has 1 aromatic rings. The Morgan fingerprint density at radius 2 is 2.06 bits per heavy atom. The van der Waals surface area contributed by atoms with Crippen LogP contribution in [0.15, 0.2) is 24.3 Å². The molecule has 0 bridgehead atoms. The number of amides is 1. The molecule has 0 aliphatic heterocycles. The van der Waals surface area contributed by atoms with Gasteiger partial charge in [0.1, 0.15) is 6.54 Å². The van der Waals surface area contributed by atoms with Crippen LogP contribution in [0.25, 0.3) is 6.08 Å². The number of carbonyl (C=O) groups excluding carboxylic acids is 1. The Hall–Kier alpha value is -1.52. The zero-order valence-electron chi connectivity index (χ0n) is 9.56. The molecule has 0 atom stereocenters. The van der Waals surface area contributed by atoms with Crippen LogP contribution in [0.1, 0.15) is 5.56 Å². The average Bonchev–Trinajstić information content (AvgIpc) is 2.29. The lowest BCUT2D eigenvalue weighted by molar-refractivity contribution is -0.141. The summed E-state index contributed by atoms with van der Waals surface area (Å²) in [6, 6.07) is 4.87. The standard InChI is InChI=1S/C12H11Cl2NO3/c1-15(7-12(17)18)11(16)5-2-8-6-9(13)3-4-10(8)14/h2-6H,7H2,1H3,(H,17,18)/b5-2+. The third-order valence-electron chi connectivity index (χ3n) is 2.11. The highest BCUT2D eigenvalue weighted by Gasteiger charge is 2.08. The highest BCUT2D eigenvalue weighted by Crippen LogP contribution is 2.21. The minimum Gasteiger partial charge on any atom is -0.480 e. The summed E-state index contributed by atoms with van der Waals surface area (Å²) >= 11 is 11.7. The molecule has 96 valence electrons. The third-order valence-corrected chi connectivity index (χ3v) is 2.69. The van der Waals surface area contributed by atoms with Crippen LogP contribution in [0.3, 0.4) is 0 Å². The van der Waals surface area contributed by atoms with Crippen LogP contribution >= 0.6 is 23.2 Å². The van der Waals surface area contributed by atoms with Gasteiger partial charge < -0.3 is 10.0 Å². The zero-order valence-corrected chi connectivity index (χ0v) is 11.1. The second-order valence-electron chi connectivity index (χ2n) is 3.59. The van der Waals surface area contributed by atoms with Gasteiger partial charge in [-0.1, -0.05) is 23.2 Å². The van der Waals surface area contributed by atoms with Crippen molar-refractivity contribution in [2.75, 3.05) is 13.6 Å². The Bertz CT molecular complexity index is 500. The highest BCUT2D eigenvalue weighted by molar-refractivity contribution is 6.34. The predicted molar refractivity (Wildman–Crippen MR) is 70.8 cm³/mol. The van der Waals surface area contributed by atoms with Crippen LogP contribution in [-0.4, -0.2) is 35.5 Å². The van der Waals surface area contributed by atoms with Gasteiger partial charge in [-0.2, -0.15) is 0 Å². The van der Waals surface area contributed by atoms with Gasteiger partial charge >= 0.3 is 5.97 Å². The molecule has 0 radical (unpaired) electrons. The molecule has 4 nitrogen and oxygen atoms in total. The highest BCUT2D eigenvalue weighted by atomic mass is 35.5. The van der Waals surface area contributed by atoms with Gasteiger partial charge in [0.15, 0.2) is 0 Å². The molecule has 6 heteroatoms. The van der Waals surface area contributed by atoms with Crippen LogP contribution < -0.4 is 0 Å². The molecule has 18 heavy (non-hydrogen) atoms. The molecular weight excluding hydrogens is 277 g/mol. The van der Waals surface area contributed by atoms with Gasteiger partial charge in [0.05, 0.1) is 0 Å². The Morgan fingerprint density at radius 3 is 2.67 bits per heavy atom. The van der Waals surface area contributed by atoms with Crippen molar-refractivity contribution < 1.29 is 14.7 Å². The summed E-state index contributed by atoms with van der Waals surface area (Å²) in [4.78, 5) is 23.1. The van der Waals surface area contributed by atoms with Crippen LogP contribution in [0.2, 0.25) is 10.0 Å². The number of benzene rings is 1. The average molecular weight is 288 g/mol. The fraction of sp³-hybridized carbons (Fsp3) is 0.167. The van der Waals surface area contributed by atoms with E-state index in [1.807, 2.05) is 0 Å². The number of aliphatic carboxylic acids is 1. The number of carboxylic acids is 1. The van der Waals surface area contributed by atoms with E-state index in [1.54, 1.807) is 18.2 Å². The molecular formula is C12H11Cl2NO3. The summed E-state index contributed by atoms with van der Waals surface area (Å²) in [5.74, 6) is -1.49. The van der Waals surface area contributed by atoms with E-state index >= 15 is 0 Å². The lowest BCUT2D eigenvalue weighted by atomic mass is 10.2. The van der Waals surface area contributed by atoms with E-state index in [0.29, 0.717) is 15.6 Å². The second kappa shape index (κ2) is 6.42. The van der Waals surface area contributed by atoms with Crippen molar-refractivity contribution in [1.29, 1.82) is 0 Å². The Labute approximate surface area is 114 Å². The van der Waals surface area contributed by atoms with E-state index in [0.717, 1.165) is 4.90 Å². The molecule has 0 aliphatic rings. The zero-order chi connectivity index (χ0) is 13.7. The van der Waals surface area contributed by atoms with Crippen molar-refractivity contribution in [1.82, 2.24) is 4.90 Å². The molecule has 0 saturated carbocycles. The Kier molecular flexibility index (Phi) is 5.19. The van der Waals surface area contributed by atoms with E-state index in [1.165, 1.54) is 19.2 Å². The van der Waals surface area contributed by atoms with E-state index in [4.69, 9.17) is 28.3 Å². The molecule has 1 amide bonds. The molecule has 0 heterocycles. The summed E-state index contributed by atoms with van der Waals surface area (Å²) in [7, 11) is 1.40. The van der Waals surface area contributed by atoms with Gasteiger partial charge in [-0.3, -0.25) is 9.59 Å². The van der Waals surface area contributed by atoms with Gasteiger partial charge in [-0.25, -0.2) is 0 Å². The fourth-order valence-corrected chi connectivity index (χ4v) is 1.57. The van der Waals surface area contributed by atoms with Gasteiger partial charge in [-0.05, 0) is 29.8 Å². The number of likely N-dealkylation sites (N-methyl/N-ethyl adjacent to an activating group) is 1. The maximum absolute atomic E-state index is 11.5. The predicted octanol–water partition coefficient (Wildman–Crippen LogP) is 2.55. The normalized spacial score (nSPS) is 10.6. The van der Waals surface area contributed by atoms with Crippen molar-refractivity contribution in [2.24, 2.45) is 0 Å². The second-order valence-corrected chi connectivity index (χ2v) is 4.43. The van der Waals surface area contributed by atoms with Gasteiger partial charge in [-0.15, -0.1) is 0 Å². The van der Waals surface area contributed by atoms with Gasteiger partial charge in [0.2, 0.25) is 5.91 Å². The number of halogens is 2. The van der Waals surface area contributed by atoms with E-state index in [2.05, 4.69) is 0 Å². The number of carbonyl (C=O) groups is 2. The minimum absolute atomic E-state index is 0.355. The monoisotopic (exact) mass is 287 g/mol. The summed E-state index contributed by atoms with van der Waals surface area (Å²) < 4.78 is 0. The number of carboxylic acid groups (broad SMARTS) is 1. The SMILES string of the molecule is CN(CC(=O)O)C(=O)/C=C/c1cc(Cl)ccc1Cl. The Morgan fingerprint density at radius 1 is 1.39 bits per heavy atom. The van der Waals surface area contributed by atoms with Crippen LogP contribution in [0, 0.1) is 0 Å². The molecule has 0 spiro atoms. The van der Waals surface area contributed by atoms with E-state index in [-0.39, 0.29) is 6.54 Å². The molecule has 0 unspecified atom stereocenters. The smallest absolute Gasteiger partial charge is 0.323 e. The van der Waals surface area contributed by atoms with Crippen molar-refractivity contribution in [3.63, 3.8) is 0 Å². The minimum atomic E-state index is -1.07. The molecule has 1 aromatic carbocycles. The molecule has 1 N–H and O–H groups in total. The summed E-state index contributed by atoms with van der Waals surface area (Å²) in [6.45, 7) is -0.355. The van der Waals surface area contributed by atoms with Gasteiger partial charge in [0, 0.05) is 23.2 Å². The molecule has 0 aliphatic carbocycles. The number of hydrogen-bond donors (Lipinski definition) is 1. The molecule has 0 aromatic heterocycles. The first-order chi connectivity index (χ1) is 8.40. The van der Waals surface area contributed by atoms with E-state index < -0.39 is 11.9 Å². The van der Waals surface area contributed by atoms with Gasteiger partial charge in [0.25, 0.3) is 0 Å². The maximum atomic E-state index is 11.5. The number of hydrogen-bond acceptors (Lipinski definition) is 2. The molecule has 0 fully saturated rings. The molecule has 0 saturated heterocycles. The summed E-state index contributed by atoms with van der Waals surface area (Å²) in [6.07, 6.45) is 2.75.